The number of nitrogens with zero attached hydrogens (tertiary/aromatic N) is 8. The first-order valence-electron chi connectivity index (χ1n) is 14.5. The molecular formula is C26H27F7N8O5. The van der Waals surface area contributed by atoms with Crippen molar-refractivity contribution in [3.8, 4) is 0 Å². The van der Waals surface area contributed by atoms with Crippen LogP contribution in [-0.4, -0.2) is 51.2 Å². The molecule has 46 heavy (non-hydrogen) atoms. The molecule has 2 aliphatic carbocycles. The van der Waals surface area contributed by atoms with Crippen LogP contribution in [0.25, 0.3) is 0 Å². The smallest absolute Gasteiger partial charge is 0.337 e. The number of alkyl halides is 7. The molecule has 0 spiro atoms. The average Bonchev–Trinajstić information content (AvgIpc) is 3.78. The minimum Gasteiger partial charge on any atom is -0.337 e. The summed E-state index contributed by atoms with van der Waals surface area (Å²) >= 11 is 0. The fraction of sp³-hybridized carbons (Fsp3) is 0.654. The van der Waals surface area contributed by atoms with Gasteiger partial charge in [-0.15, -0.1) is 0 Å². The molecule has 6 rings (SSSR count). The van der Waals surface area contributed by atoms with Crippen molar-refractivity contribution < 1.29 is 44.3 Å². The van der Waals surface area contributed by atoms with Crippen LogP contribution in [0, 0.1) is 11.8 Å². The van der Waals surface area contributed by atoms with Crippen LogP contribution >= 0.6 is 0 Å². The monoisotopic (exact) mass is 664 g/mol. The Balaban J connectivity index is 1.28. The second kappa shape index (κ2) is 11.8. The van der Waals surface area contributed by atoms with Gasteiger partial charge in [-0.1, -0.05) is 15.5 Å². The molecule has 4 aromatic heterocycles. The molecule has 0 radical (unpaired) electrons. The van der Waals surface area contributed by atoms with Crippen molar-refractivity contribution in [1.29, 1.82) is 0 Å². The third-order valence-electron chi connectivity index (χ3n) is 8.57. The van der Waals surface area contributed by atoms with E-state index in [0.29, 0.717) is 0 Å². The molecule has 2 fully saturated rings. The normalized spacial score (nSPS) is 19.9. The van der Waals surface area contributed by atoms with E-state index in [0.717, 1.165) is 26.1 Å². The molecule has 0 aromatic carbocycles. The second-order valence-electron chi connectivity index (χ2n) is 11.8. The first-order valence-corrected chi connectivity index (χ1v) is 14.5. The lowest BCUT2D eigenvalue weighted by molar-refractivity contribution is -0.141. The highest BCUT2D eigenvalue weighted by Crippen LogP contribution is 2.44. The van der Waals surface area contributed by atoms with E-state index in [-0.39, 0.29) is 80.8 Å². The molecule has 0 N–H and O–H groups in total. The summed E-state index contributed by atoms with van der Waals surface area (Å²) < 4.78 is 113. The summed E-state index contributed by atoms with van der Waals surface area (Å²) in [6.07, 6.45) is -4.69. The first kappa shape index (κ1) is 31.7. The second-order valence-corrected chi connectivity index (χ2v) is 11.8. The molecule has 2 saturated carbocycles. The molecule has 0 amide bonds. The fourth-order valence-electron chi connectivity index (χ4n) is 6.06. The summed E-state index contributed by atoms with van der Waals surface area (Å²) in [5, 5.41) is 15.0. The number of halogens is 7. The molecular weight excluding hydrogens is 637 g/mol. The Kier molecular flexibility index (Phi) is 8.16. The molecule has 0 aliphatic heterocycles. The van der Waals surface area contributed by atoms with E-state index < -0.39 is 66.6 Å². The topological polar surface area (TPSA) is 153 Å². The lowest BCUT2D eigenvalue weighted by atomic mass is 9.77. The van der Waals surface area contributed by atoms with Crippen LogP contribution in [0.15, 0.2) is 35.4 Å². The van der Waals surface area contributed by atoms with Gasteiger partial charge >= 0.3 is 17.7 Å². The number of aromatic nitrogens is 8. The van der Waals surface area contributed by atoms with E-state index in [1.807, 2.05) is 0 Å². The highest BCUT2D eigenvalue weighted by Gasteiger charge is 2.43. The van der Waals surface area contributed by atoms with Gasteiger partial charge in [-0.2, -0.15) is 23.3 Å². The third kappa shape index (κ3) is 6.79. The Labute approximate surface area is 253 Å². The van der Waals surface area contributed by atoms with Gasteiger partial charge in [0.1, 0.15) is 13.2 Å². The summed E-state index contributed by atoms with van der Waals surface area (Å²) in [6, 6.07) is 0.717. The van der Waals surface area contributed by atoms with Crippen molar-refractivity contribution in [3.63, 3.8) is 0 Å². The van der Waals surface area contributed by atoms with E-state index in [1.165, 1.54) is 0 Å². The zero-order valence-electron chi connectivity index (χ0n) is 23.9. The summed E-state index contributed by atoms with van der Waals surface area (Å²) in [5.41, 5.74) is -1.20. The molecule has 13 nitrogen and oxygen atoms in total. The number of rotatable bonds is 9. The van der Waals surface area contributed by atoms with Gasteiger partial charge in [0.15, 0.2) is 23.2 Å². The van der Waals surface area contributed by atoms with Crippen molar-refractivity contribution in [2.75, 3.05) is 0 Å². The standard InChI is InChI=1S/C26H27F7N8O5/c27-24(28)6-1-14(2-7-24)11-17-36-45-22(42)40(17)12-18-34-20(37-44-18)19(15-3-8-25(29,30)9-4-15)21-38-46-23(43)41(21)13-39-10-5-16(35-39)26(31,32)33/h5,10,14-15,19H,1-4,6-9,11-13H2. The molecule has 1 unspecified atom stereocenters. The Morgan fingerprint density at radius 2 is 1.50 bits per heavy atom. The maximum absolute atomic E-state index is 14.1. The summed E-state index contributed by atoms with van der Waals surface area (Å²) in [4.78, 5) is 29.5. The minimum absolute atomic E-state index is 0.0434. The predicted molar refractivity (Wildman–Crippen MR) is 137 cm³/mol. The van der Waals surface area contributed by atoms with Gasteiger partial charge in [-0.3, -0.25) is 18.3 Å². The lowest BCUT2D eigenvalue weighted by Crippen LogP contribution is -2.31. The van der Waals surface area contributed by atoms with Gasteiger partial charge in [0.05, 0.1) is 5.92 Å². The molecule has 1 atom stereocenters. The predicted octanol–water partition coefficient (Wildman–Crippen LogP) is 4.46. The van der Waals surface area contributed by atoms with Crippen molar-refractivity contribution in [2.45, 2.75) is 94.9 Å². The van der Waals surface area contributed by atoms with Crippen molar-refractivity contribution >= 4 is 0 Å². The maximum Gasteiger partial charge on any atom is 0.443 e. The molecule has 20 heteroatoms. The third-order valence-corrected chi connectivity index (χ3v) is 8.57. The van der Waals surface area contributed by atoms with E-state index in [2.05, 4.69) is 25.6 Å². The van der Waals surface area contributed by atoms with Gasteiger partial charge in [0, 0.05) is 38.3 Å². The van der Waals surface area contributed by atoms with Crippen molar-refractivity contribution in [1.82, 2.24) is 39.4 Å². The molecule has 4 aromatic rings. The summed E-state index contributed by atoms with van der Waals surface area (Å²) in [6.45, 7) is -0.869. The average molecular weight is 665 g/mol. The Morgan fingerprint density at radius 3 is 2.15 bits per heavy atom. The Hall–Kier alpha value is -4.26. The Morgan fingerprint density at radius 1 is 0.870 bits per heavy atom. The van der Waals surface area contributed by atoms with Crippen LogP contribution in [0.3, 0.4) is 0 Å². The highest BCUT2D eigenvalue weighted by molar-refractivity contribution is 5.14. The summed E-state index contributed by atoms with van der Waals surface area (Å²) in [5.74, 6) is -9.56. The zero-order chi connectivity index (χ0) is 32.9. The van der Waals surface area contributed by atoms with Crippen molar-refractivity contribution in [2.24, 2.45) is 11.8 Å². The lowest BCUT2D eigenvalue weighted by Gasteiger charge is -2.31. The van der Waals surface area contributed by atoms with E-state index in [9.17, 15) is 40.3 Å². The van der Waals surface area contributed by atoms with Gasteiger partial charge < -0.3 is 4.52 Å². The number of hydrogen-bond donors (Lipinski definition) is 0. The quantitative estimate of drug-likeness (QED) is 0.235. The fourth-order valence-corrected chi connectivity index (χ4v) is 6.06. The molecule has 4 heterocycles. The van der Waals surface area contributed by atoms with E-state index >= 15 is 0 Å². The van der Waals surface area contributed by atoms with Gasteiger partial charge in [-0.05, 0) is 43.6 Å². The van der Waals surface area contributed by atoms with Crippen LogP contribution in [-0.2, 0) is 25.8 Å². The summed E-state index contributed by atoms with van der Waals surface area (Å²) in [7, 11) is 0. The van der Waals surface area contributed by atoms with Gasteiger partial charge in [0.25, 0.3) is 0 Å². The highest BCUT2D eigenvalue weighted by atomic mass is 19.4. The van der Waals surface area contributed by atoms with E-state index in [1.54, 1.807) is 0 Å². The zero-order valence-corrected chi connectivity index (χ0v) is 23.9. The SMILES string of the molecule is O=c1onc(CC2CCC(F)(F)CC2)n1Cc1nc(C(c2noc(=O)n2Cn2ccc(C(F)(F)F)n2)C2CCC(F)(F)CC2)no1. The van der Waals surface area contributed by atoms with Crippen LogP contribution in [0.2, 0.25) is 0 Å². The molecule has 0 bridgehead atoms. The van der Waals surface area contributed by atoms with Crippen molar-refractivity contribution in [3.05, 3.63) is 62.4 Å². The molecule has 0 saturated heterocycles. The van der Waals surface area contributed by atoms with Gasteiger partial charge in [0.2, 0.25) is 17.7 Å². The Bertz CT molecular complexity index is 1760. The van der Waals surface area contributed by atoms with Crippen LogP contribution in [0.5, 0.6) is 0 Å². The van der Waals surface area contributed by atoms with Gasteiger partial charge in [-0.25, -0.2) is 31.7 Å². The van der Waals surface area contributed by atoms with Crippen LogP contribution in [0.4, 0.5) is 30.7 Å². The first-order chi connectivity index (χ1) is 21.7. The van der Waals surface area contributed by atoms with Crippen LogP contribution in [0.1, 0.15) is 86.3 Å². The van der Waals surface area contributed by atoms with Crippen LogP contribution < -0.4 is 11.5 Å². The molecule has 250 valence electrons. The van der Waals surface area contributed by atoms with E-state index in [4.69, 9.17) is 13.6 Å². The minimum atomic E-state index is -4.73. The molecule has 2 aliphatic rings. The maximum atomic E-state index is 14.1. The number of hydrogen-bond acceptors (Lipinski definition) is 10. The largest absolute Gasteiger partial charge is 0.443 e.